The average molecular weight is 1290 g/mol. The van der Waals surface area contributed by atoms with Crippen molar-refractivity contribution < 1.29 is 33.2 Å². The van der Waals surface area contributed by atoms with Crippen molar-refractivity contribution in [2.75, 3.05) is 0 Å². The second kappa shape index (κ2) is 82.0. The number of carbonyl (C=O) groups is 4. The number of hydrogen-bond acceptors (Lipinski definition) is 7. The Balaban J connectivity index is -0.00000158. The molecule has 530 valence electrons. The summed E-state index contributed by atoms with van der Waals surface area (Å²) in [5.41, 5.74) is 0. The Morgan fingerprint density at radius 1 is 0.275 bits per heavy atom. The molecule has 0 saturated heterocycles. The van der Waals surface area contributed by atoms with E-state index in [4.69, 9.17) is 0 Å². The van der Waals surface area contributed by atoms with Crippen LogP contribution in [0.1, 0.15) is 440 Å². The Bertz CT molecular complexity index is 1400. The van der Waals surface area contributed by atoms with E-state index in [1.807, 2.05) is 13.8 Å². The van der Waals surface area contributed by atoms with E-state index in [0.29, 0.717) is 6.10 Å². The van der Waals surface area contributed by atoms with Crippen LogP contribution in [-0.4, -0.2) is 46.2 Å². The summed E-state index contributed by atoms with van der Waals surface area (Å²) < 4.78 is 4.67. The van der Waals surface area contributed by atoms with Gasteiger partial charge in [-0.1, -0.05) is 333 Å². The molecule has 0 bridgehead atoms. The van der Waals surface area contributed by atoms with Crippen molar-refractivity contribution in [2.45, 2.75) is 446 Å². The summed E-state index contributed by atoms with van der Waals surface area (Å²) in [7, 11) is 0. The third kappa shape index (κ3) is 83.8. The van der Waals surface area contributed by atoms with Crippen LogP contribution >= 0.6 is 0 Å². The number of aliphatic carboxylic acids is 2. The van der Waals surface area contributed by atoms with Crippen molar-refractivity contribution in [1.29, 1.82) is 0 Å². The Hall–Kier alpha value is -2.27. The minimum Gasteiger partial charge on any atom is -0.550 e. The van der Waals surface area contributed by atoms with E-state index in [2.05, 4.69) is 96.7 Å². The van der Waals surface area contributed by atoms with Crippen LogP contribution in [0, 0.1) is 11.8 Å². The standard InChI is InChI=1S/2C40H74O3.C3H7O.Al/c2*1-3-5-7-9-11-13-15-17-19-21-23-25-27-29-31-33-35-38(39(41)37-40(42)43)36-34-32-30-28-26-24-22-20-18-16-14-12-10-8-6-4-2;1-3(2)4;/h2*17-20,38H,3-16,21-37H2,1-2H3,(H,42,43);3H,1-2H3;/q;;-1;+3/p-2. The fourth-order valence-corrected chi connectivity index (χ4v) is 12.1. The summed E-state index contributed by atoms with van der Waals surface area (Å²) in [4.78, 5) is 47.0. The molecule has 0 amide bonds. The van der Waals surface area contributed by atoms with Gasteiger partial charge in [0.1, 0.15) is 11.6 Å². The van der Waals surface area contributed by atoms with Crippen LogP contribution in [0.3, 0.4) is 0 Å². The molecule has 7 nitrogen and oxygen atoms in total. The van der Waals surface area contributed by atoms with E-state index in [9.17, 15) is 29.4 Å². The smallest absolute Gasteiger partial charge is 0.141 e. The van der Waals surface area contributed by atoms with Crippen molar-refractivity contribution in [2.24, 2.45) is 11.8 Å². The van der Waals surface area contributed by atoms with Crippen molar-refractivity contribution in [1.82, 2.24) is 0 Å². The molecule has 91 heavy (non-hydrogen) atoms. The van der Waals surface area contributed by atoms with Crippen molar-refractivity contribution in [3.8, 4) is 0 Å². The van der Waals surface area contributed by atoms with E-state index >= 15 is 0 Å². The van der Waals surface area contributed by atoms with Crippen LogP contribution in [0.25, 0.3) is 0 Å². The molecular formula is C83H153AlO7. The zero-order valence-corrected chi connectivity index (χ0v) is 62.8. The minimum atomic E-state index is -1.22. The second-order valence-corrected chi connectivity index (χ2v) is 27.8. The van der Waals surface area contributed by atoms with Gasteiger partial charge >= 0.3 is 40.4 Å². The molecular weight excluding hydrogens is 1140 g/mol. The van der Waals surface area contributed by atoms with Gasteiger partial charge in [0, 0.05) is 36.6 Å². The van der Waals surface area contributed by atoms with Crippen LogP contribution in [0.4, 0.5) is 0 Å². The summed E-state index contributed by atoms with van der Waals surface area (Å²) in [6, 6.07) is 0. The maximum Gasteiger partial charge on any atom is 0.141 e. The monoisotopic (exact) mass is 1290 g/mol. The molecule has 0 radical (unpaired) electrons. The first-order chi connectivity index (χ1) is 44.5. The first kappa shape index (κ1) is 92.9. The Morgan fingerprint density at radius 3 is 0.560 bits per heavy atom. The molecule has 0 unspecified atom stereocenters. The quantitative estimate of drug-likeness (QED) is 0.0257. The van der Waals surface area contributed by atoms with E-state index in [-0.39, 0.29) is 23.4 Å². The Kier molecular flexibility index (Phi) is 83.7. The molecule has 0 N–H and O–H groups in total. The molecule has 0 aromatic rings. The number of carbonyl (C=O) groups excluding carboxylic acids is 4. The van der Waals surface area contributed by atoms with Crippen molar-refractivity contribution in [3.63, 3.8) is 0 Å². The summed E-state index contributed by atoms with van der Waals surface area (Å²) in [5, 5.41) is 22.0. The molecule has 0 aliphatic heterocycles. The Morgan fingerprint density at radius 2 is 0.418 bits per heavy atom. The fourth-order valence-electron chi connectivity index (χ4n) is 12.1. The van der Waals surface area contributed by atoms with Crippen LogP contribution in [0.2, 0.25) is 0 Å². The van der Waals surface area contributed by atoms with E-state index in [1.165, 1.54) is 308 Å². The molecule has 0 atom stereocenters. The van der Waals surface area contributed by atoms with Crippen molar-refractivity contribution in [3.05, 3.63) is 48.6 Å². The van der Waals surface area contributed by atoms with E-state index in [1.54, 1.807) is 0 Å². The summed E-state index contributed by atoms with van der Waals surface area (Å²) in [6.45, 7) is 13.0. The van der Waals surface area contributed by atoms with Crippen LogP contribution in [-0.2, 0) is 23.0 Å². The number of carboxylic acids is 2. The van der Waals surface area contributed by atoms with Gasteiger partial charge in [-0.3, -0.25) is 9.59 Å². The summed E-state index contributed by atoms with van der Waals surface area (Å²) in [5.74, 6) is -2.85. The number of rotatable bonds is 71. The minimum absolute atomic E-state index is 0.0912. The molecule has 0 rings (SSSR count). The van der Waals surface area contributed by atoms with Gasteiger partial charge in [0.05, 0.1) is 0 Å². The number of carboxylic acid groups (broad SMARTS) is 2. The van der Waals surface area contributed by atoms with Gasteiger partial charge in [0.2, 0.25) is 0 Å². The van der Waals surface area contributed by atoms with Gasteiger partial charge in [-0.05, 0) is 128 Å². The third-order valence-corrected chi connectivity index (χ3v) is 18.6. The normalized spacial score (nSPS) is 12.4. The molecule has 0 heterocycles. The molecule has 0 spiro atoms. The van der Waals surface area contributed by atoms with Crippen LogP contribution < -0.4 is 10.2 Å². The molecule has 0 aromatic heterocycles. The maximum absolute atomic E-state index is 12.5. The van der Waals surface area contributed by atoms with Crippen LogP contribution in [0.15, 0.2) is 48.6 Å². The van der Waals surface area contributed by atoms with Gasteiger partial charge in [0.25, 0.3) is 0 Å². The molecule has 0 aliphatic rings. The second-order valence-electron chi connectivity index (χ2n) is 27.5. The first-order valence-corrected chi connectivity index (χ1v) is 40.4. The summed E-state index contributed by atoms with van der Waals surface area (Å²) in [6.07, 6.45) is 93.4. The van der Waals surface area contributed by atoms with Crippen molar-refractivity contribution >= 4 is 40.1 Å². The van der Waals surface area contributed by atoms with Crippen LogP contribution in [0.5, 0.6) is 0 Å². The number of ketones is 2. The zero-order chi connectivity index (χ0) is 67.2. The number of unbranched alkanes of at least 4 members (excludes halogenated alkanes) is 48. The van der Waals surface area contributed by atoms with E-state index in [0.717, 1.165) is 77.0 Å². The van der Waals surface area contributed by atoms with Gasteiger partial charge in [-0.25, -0.2) is 0 Å². The van der Waals surface area contributed by atoms with Gasteiger partial charge in [0.15, 0.2) is 0 Å². The van der Waals surface area contributed by atoms with Gasteiger partial charge < -0.3 is 19.8 Å². The Labute approximate surface area is 576 Å². The number of hydrogen-bond donors (Lipinski definition) is 0. The number of Topliss-reactive ketones (excluding diaryl/α,β-unsaturated/α-hetero) is 2. The molecule has 8 heteroatoms. The maximum atomic E-state index is 12.5. The fraction of sp³-hybridized carbons (Fsp3) is 0.855. The predicted molar refractivity (Wildman–Crippen MR) is 394 cm³/mol. The third-order valence-electron chi connectivity index (χ3n) is 18.1. The topological polar surface area (TPSA) is 124 Å². The summed E-state index contributed by atoms with van der Waals surface area (Å²) >= 11 is 2.19. The zero-order valence-electron chi connectivity index (χ0n) is 61.6. The van der Waals surface area contributed by atoms with Gasteiger partial charge in [-0.2, -0.15) is 0 Å². The van der Waals surface area contributed by atoms with E-state index < -0.39 is 24.8 Å². The first-order valence-electron chi connectivity index (χ1n) is 39.9. The molecule has 0 aliphatic carbocycles. The average Bonchev–Trinajstić information content (AvgIpc) is 3.74. The largest absolute Gasteiger partial charge is 0.550 e. The molecule has 0 aromatic carbocycles. The predicted octanol–water partition coefficient (Wildman–Crippen LogP) is 24.8. The van der Waals surface area contributed by atoms with Gasteiger partial charge in [-0.15, -0.1) is 0 Å². The SMILES string of the molecule is CC(C)[O][Al+2].CCCCCCCCC=CCCCCCCCCC(CCCCCCCCC=CCCCCCCCC)C(=O)CC(=O)[O-].CCCCCCCCC=CCCCCCCCCC(CCCCCCCCC=CCCCCCCCC)C(=O)CC(=O)[O-]. The molecule has 0 saturated carbocycles. The molecule has 0 fully saturated rings. The number of allylic oxidation sites excluding steroid dienone is 8.